The molecule has 1 amide bonds. The third kappa shape index (κ3) is 5.49. The van der Waals surface area contributed by atoms with Crippen LogP contribution in [0.25, 0.3) is 10.8 Å². The molecule has 0 bridgehead atoms. The predicted octanol–water partition coefficient (Wildman–Crippen LogP) is 5.63. The maximum atomic E-state index is 12.3. The minimum absolute atomic E-state index is 0.0702. The normalized spacial score (nSPS) is 10.4. The van der Waals surface area contributed by atoms with Crippen LogP contribution in [0.5, 0.6) is 5.75 Å². The molecule has 0 atom stereocenters. The molecule has 1 N–H and O–H groups in total. The van der Waals surface area contributed by atoms with E-state index in [1.165, 1.54) is 0 Å². The fourth-order valence-corrected chi connectivity index (χ4v) is 3.76. The highest BCUT2D eigenvalue weighted by Crippen LogP contribution is 2.27. The number of amides is 1. The number of carbonyl (C=O) groups excluding carboxylic acids is 1. The second-order valence-electron chi connectivity index (χ2n) is 5.74. The van der Waals surface area contributed by atoms with E-state index < -0.39 is 0 Å². The number of fused-ring (bicyclic) bond motifs is 1. The average molecular weight is 441 g/mol. The molecule has 3 rings (SSSR count). The van der Waals surface area contributed by atoms with E-state index in [-0.39, 0.29) is 12.5 Å². The van der Waals surface area contributed by atoms with E-state index in [4.69, 9.17) is 10.00 Å². The van der Waals surface area contributed by atoms with Crippen LogP contribution < -0.4 is 10.1 Å². The first-order chi connectivity index (χ1) is 13.2. The Bertz CT molecular complexity index is 1000. The largest absolute Gasteiger partial charge is 0.484 e. The lowest BCUT2D eigenvalue weighted by Crippen LogP contribution is -2.20. The van der Waals surface area contributed by atoms with Crippen molar-refractivity contribution in [3.63, 3.8) is 0 Å². The molecular formula is C21H17BrN2O2S. The number of thioether (sulfide) groups is 1. The van der Waals surface area contributed by atoms with Crippen LogP contribution in [0.3, 0.4) is 0 Å². The summed E-state index contributed by atoms with van der Waals surface area (Å²) in [5.74, 6) is 1.11. The number of rotatable bonds is 7. The van der Waals surface area contributed by atoms with Gasteiger partial charge < -0.3 is 10.1 Å². The standard InChI is InChI=1S/C21H17BrN2O2S/c22-17-8-6-16-13-18(9-7-15(16)12-17)26-14-21(25)24-19-4-1-2-5-20(19)27-11-3-10-23/h1-2,4-9,12-13H,3,11,14H2,(H,24,25). The van der Waals surface area contributed by atoms with Gasteiger partial charge in [-0.05, 0) is 47.2 Å². The van der Waals surface area contributed by atoms with Crippen molar-refractivity contribution in [1.29, 1.82) is 5.26 Å². The average Bonchev–Trinajstić information content (AvgIpc) is 2.68. The lowest BCUT2D eigenvalue weighted by Gasteiger charge is -2.11. The van der Waals surface area contributed by atoms with Crippen molar-refractivity contribution in [2.75, 3.05) is 17.7 Å². The number of nitriles is 1. The highest BCUT2D eigenvalue weighted by Gasteiger charge is 2.08. The van der Waals surface area contributed by atoms with E-state index in [1.54, 1.807) is 11.8 Å². The molecule has 3 aromatic carbocycles. The first kappa shape index (κ1) is 19.3. The van der Waals surface area contributed by atoms with Gasteiger partial charge >= 0.3 is 0 Å². The number of nitrogens with zero attached hydrogens (tertiary/aromatic N) is 1. The topological polar surface area (TPSA) is 62.1 Å². The van der Waals surface area contributed by atoms with Gasteiger partial charge in [0.2, 0.25) is 0 Å². The number of nitrogens with one attached hydrogen (secondary N) is 1. The van der Waals surface area contributed by atoms with Gasteiger partial charge in [0.15, 0.2) is 6.61 Å². The summed E-state index contributed by atoms with van der Waals surface area (Å²) in [6.07, 6.45) is 0.467. The Morgan fingerprint density at radius 3 is 2.74 bits per heavy atom. The molecule has 0 aliphatic heterocycles. The SMILES string of the molecule is N#CCCSc1ccccc1NC(=O)COc1ccc2cc(Br)ccc2c1. The Kier molecular flexibility index (Phi) is 6.74. The van der Waals surface area contributed by atoms with Crippen molar-refractivity contribution < 1.29 is 9.53 Å². The summed E-state index contributed by atoms with van der Waals surface area (Å²) in [5, 5.41) is 13.7. The summed E-state index contributed by atoms with van der Waals surface area (Å²) in [6, 6.07) is 21.4. The fourth-order valence-electron chi connectivity index (χ4n) is 2.52. The molecule has 0 spiro atoms. The summed E-state index contributed by atoms with van der Waals surface area (Å²) >= 11 is 5.00. The lowest BCUT2D eigenvalue weighted by molar-refractivity contribution is -0.118. The Morgan fingerprint density at radius 2 is 1.89 bits per heavy atom. The Labute approximate surface area is 170 Å². The number of para-hydroxylation sites is 1. The molecule has 0 saturated heterocycles. The van der Waals surface area contributed by atoms with Crippen molar-refractivity contribution in [1.82, 2.24) is 0 Å². The van der Waals surface area contributed by atoms with Crippen molar-refractivity contribution in [3.8, 4) is 11.8 Å². The third-order valence-corrected chi connectivity index (χ3v) is 5.34. The summed E-state index contributed by atoms with van der Waals surface area (Å²) in [6.45, 7) is -0.0702. The molecule has 0 fully saturated rings. The molecule has 136 valence electrons. The van der Waals surface area contributed by atoms with Crippen LogP contribution in [0.1, 0.15) is 6.42 Å². The van der Waals surface area contributed by atoms with Crippen molar-refractivity contribution in [3.05, 3.63) is 65.1 Å². The first-order valence-corrected chi connectivity index (χ1v) is 10.1. The highest BCUT2D eigenvalue weighted by atomic mass is 79.9. The molecule has 0 aromatic heterocycles. The predicted molar refractivity (Wildman–Crippen MR) is 113 cm³/mol. The molecule has 4 nitrogen and oxygen atoms in total. The van der Waals surface area contributed by atoms with E-state index in [1.807, 2.05) is 60.7 Å². The van der Waals surface area contributed by atoms with Gasteiger partial charge in [-0.15, -0.1) is 11.8 Å². The molecule has 0 saturated carbocycles. The van der Waals surface area contributed by atoms with Crippen LogP contribution in [-0.4, -0.2) is 18.3 Å². The molecule has 0 aliphatic rings. The zero-order valence-corrected chi connectivity index (χ0v) is 16.8. The van der Waals surface area contributed by atoms with Crippen LogP contribution in [0.4, 0.5) is 5.69 Å². The number of halogens is 1. The second-order valence-corrected chi connectivity index (χ2v) is 7.80. The zero-order chi connectivity index (χ0) is 19.1. The van der Waals surface area contributed by atoms with Crippen LogP contribution in [0.2, 0.25) is 0 Å². The second kappa shape index (κ2) is 9.45. The Morgan fingerprint density at radius 1 is 1.11 bits per heavy atom. The molecule has 3 aromatic rings. The van der Waals surface area contributed by atoms with E-state index in [0.29, 0.717) is 17.9 Å². The highest BCUT2D eigenvalue weighted by molar-refractivity contribution is 9.10. The molecule has 0 radical (unpaired) electrons. The molecule has 0 aliphatic carbocycles. The van der Waals surface area contributed by atoms with Crippen molar-refractivity contribution >= 4 is 50.1 Å². The Balaban J connectivity index is 1.60. The minimum atomic E-state index is -0.223. The molecular weight excluding hydrogens is 424 g/mol. The number of carbonyl (C=O) groups is 1. The molecule has 6 heteroatoms. The lowest BCUT2D eigenvalue weighted by atomic mass is 10.1. The van der Waals surface area contributed by atoms with Gasteiger partial charge in [-0.2, -0.15) is 5.26 Å². The molecule has 0 heterocycles. The van der Waals surface area contributed by atoms with Crippen molar-refractivity contribution in [2.24, 2.45) is 0 Å². The van der Waals surface area contributed by atoms with Gasteiger partial charge in [-0.25, -0.2) is 0 Å². The maximum Gasteiger partial charge on any atom is 0.262 e. The number of anilines is 1. The third-order valence-electron chi connectivity index (χ3n) is 3.78. The number of benzene rings is 3. The fraction of sp³-hybridized carbons (Fsp3) is 0.143. The molecule has 0 unspecified atom stereocenters. The van der Waals surface area contributed by atoms with Gasteiger partial charge in [0, 0.05) is 21.5 Å². The maximum absolute atomic E-state index is 12.3. The van der Waals surface area contributed by atoms with Crippen LogP contribution >= 0.6 is 27.7 Å². The number of ether oxygens (including phenoxy) is 1. The van der Waals surface area contributed by atoms with E-state index in [0.717, 1.165) is 25.8 Å². The summed E-state index contributed by atoms with van der Waals surface area (Å²) in [4.78, 5) is 13.2. The quantitative estimate of drug-likeness (QED) is 0.382. The number of hydrogen-bond donors (Lipinski definition) is 1. The minimum Gasteiger partial charge on any atom is -0.484 e. The van der Waals surface area contributed by atoms with Crippen LogP contribution in [-0.2, 0) is 4.79 Å². The molecule has 27 heavy (non-hydrogen) atoms. The van der Waals surface area contributed by atoms with E-state index in [2.05, 4.69) is 27.3 Å². The van der Waals surface area contributed by atoms with Gasteiger partial charge in [-0.1, -0.05) is 40.2 Å². The van der Waals surface area contributed by atoms with Crippen LogP contribution in [0.15, 0.2) is 70.0 Å². The summed E-state index contributed by atoms with van der Waals surface area (Å²) < 4.78 is 6.67. The van der Waals surface area contributed by atoms with Crippen LogP contribution in [0, 0.1) is 11.3 Å². The monoisotopic (exact) mass is 440 g/mol. The van der Waals surface area contributed by atoms with E-state index >= 15 is 0 Å². The van der Waals surface area contributed by atoms with Gasteiger partial charge in [0.25, 0.3) is 5.91 Å². The van der Waals surface area contributed by atoms with Crippen molar-refractivity contribution in [2.45, 2.75) is 11.3 Å². The summed E-state index contributed by atoms with van der Waals surface area (Å²) in [5.41, 5.74) is 0.734. The Hall–Kier alpha value is -2.49. The van der Waals surface area contributed by atoms with Gasteiger partial charge in [-0.3, -0.25) is 4.79 Å². The summed E-state index contributed by atoms with van der Waals surface area (Å²) in [7, 11) is 0. The zero-order valence-electron chi connectivity index (χ0n) is 14.4. The first-order valence-electron chi connectivity index (χ1n) is 8.36. The smallest absolute Gasteiger partial charge is 0.262 e. The van der Waals surface area contributed by atoms with E-state index in [9.17, 15) is 4.79 Å². The van der Waals surface area contributed by atoms with Gasteiger partial charge in [0.1, 0.15) is 5.75 Å². The van der Waals surface area contributed by atoms with Gasteiger partial charge in [0.05, 0.1) is 11.8 Å². The number of hydrogen-bond acceptors (Lipinski definition) is 4.